The molecule has 0 bridgehead atoms. The topological polar surface area (TPSA) is 49.6 Å². The molecule has 21 heavy (non-hydrogen) atoms. The van der Waals surface area contributed by atoms with Crippen LogP contribution >= 0.6 is 0 Å². The quantitative estimate of drug-likeness (QED) is 0.817. The molecule has 1 aliphatic rings. The number of carbonyl (C=O) groups excluding carboxylic acids is 1. The molecule has 1 atom stereocenters. The van der Waals surface area contributed by atoms with Gasteiger partial charge in [0.25, 0.3) is 0 Å². The average molecular weight is 297 g/mol. The number of carbonyl (C=O) groups is 1. The molecule has 1 rings (SSSR count). The fourth-order valence-electron chi connectivity index (χ4n) is 3.07. The van der Waals surface area contributed by atoms with Gasteiger partial charge in [0.05, 0.1) is 6.54 Å². The molecule has 0 spiro atoms. The molecule has 1 heterocycles. The zero-order valence-corrected chi connectivity index (χ0v) is 14.9. The molecule has 0 aliphatic carbocycles. The third kappa shape index (κ3) is 5.95. The van der Waals surface area contributed by atoms with Crippen LogP contribution in [0.4, 0.5) is 0 Å². The third-order valence-electron chi connectivity index (χ3n) is 4.27. The van der Waals surface area contributed by atoms with Gasteiger partial charge in [0.2, 0.25) is 5.91 Å². The van der Waals surface area contributed by atoms with Crippen LogP contribution in [0.1, 0.15) is 48.0 Å². The zero-order valence-electron chi connectivity index (χ0n) is 14.9. The number of nitrogens with two attached hydrogens (primary N) is 1. The van der Waals surface area contributed by atoms with Crippen molar-refractivity contribution in [3.63, 3.8) is 0 Å². The van der Waals surface area contributed by atoms with Gasteiger partial charge in [-0.25, -0.2) is 0 Å². The van der Waals surface area contributed by atoms with Crippen molar-refractivity contribution in [3.8, 4) is 0 Å². The van der Waals surface area contributed by atoms with E-state index in [2.05, 4.69) is 46.4 Å². The van der Waals surface area contributed by atoms with Crippen LogP contribution in [-0.4, -0.2) is 54.5 Å². The van der Waals surface area contributed by atoms with Gasteiger partial charge in [0, 0.05) is 32.2 Å². The Hall–Kier alpha value is -0.610. The van der Waals surface area contributed by atoms with Gasteiger partial charge in [0.15, 0.2) is 0 Å². The van der Waals surface area contributed by atoms with Gasteiger partial charge in [-0.2, -0.15) is 0 Å². The lowest BCUT2D eigenvalue weighted by Gasteiger charge is -2.43. The summed E-state index contributed by atoms with van der Waals surface area (Å²) < 4.78 is 0. The maximum Gasteiger partial charge on any atom is 0.236 e. The summed E-state index contributed by atoms with van der Waals surface area (Å²) in [5.74, 6) is 1.29. The van der Waals surface area contributed by atoms with E-state index < -0.39 is 0 Å². The van der Waals surface area contributed by atoms with Gasteiger partial charge in [-0.3, -0.25) is 9.69 Å². The highest BCUT2D eigenvalue weighted by Crippen LogP contribution is 2.27. The van der Waals surface area contributed by atoms with Crippen molar-refractivity contribution in [2.24, 2.45) is 23.0 Å². The van der Waals surface area contributed by atoms with Gasteiger partial charge in [-0.15, -0.1) is 0 Å². The van der Waals surface area contributed by atoms with E-state index in [0.29, 0.717) is 18.4 Å². The predicted molar refractivity (Wildman–Crippen MR) is 89.1 cm³/mol. The van der Waals surface area contributed by atoms with Crippen molar-refractivity contribution >= 4 is 5.91 Å². The maximum absolute atomic E-state index is 12.6. The van der Waals surface area contributed by atoms with E-state index in [1.807, 2.05) is 4.90 Å². The molecule has 2 N–H and O–H groups in total. The second kappa shape index (κ2) is 7.59. The van der Waals surface area contributed by atoms with Crippen molar-refractivity contribution in [3.05, 3.63) is 0 Å². The molecule has 1 fully saturated rings. The standard InChI is InChI=1S/C17H35N3O/c1-13(2)9-20(10-14(3)4)16(21)11-19-8-7-15(18)17(5,6)12-19/h13-15H,7-12,18H2,1-6H3. The van der Waals surface area contributed by atoms with E-state index in [4.69, 9.17) is 5.73 Å². The molecule has 1 unspecified atom stereocenters. The molecular formula is C17H35N3O. The molecule has 0 aromatic carbocycles. The number of nitrogens with zero attached hydrogens (tertiary/aromatic N) is 2. The Morgan fingerprint density at radius 1 is 1.24 bits per heavy atom. The van der Waals surface area contributed by atoms with E-state index >= 15 is 0 Å². The van der Waals surface area contributed by atoms with E-state index in [0.717, 1.165) is 32.6 Å². The Labute approximate surface area is 131 Å². The van der Waals surface area contributed by atoms with E-state index in [9.17, 15) is 4.79 Å². The van der Waals surface area contributed by atoms with Crippen LogP contribution in [0.25, 0.3) is 0 Å². The van der Waals surface area contributed by atoms with E-state index in [1.54, 1.807) is 0 Å². The summed E-state index contributed by atoms with van der Waals surface area (Å²) >= 11 is 0. The molecule has 0 aromatic heterocycles. The van der Waals surface area contributed by atoms with Crippen molar-refractivity contribution in [1.29, 1.82) is 0 Å². The smallest absolute Gasteiger partial charge is 0.236 e. The van der Waals surface area contributed by atoms with E-state index in [1.165, 1.54) is 0 Å². The highest BCUT2D eigenvalue weighted by molar-refractivity contribution is 5.78. The maximum atomic E-state index is 12.6. The van der Waals surface area contributed by atoms with Gasteiger partial charge < -0.3 is 10.6 Å². The van der Waals surface area contributed by atoms with Crippen molar-refractivity contribution in [2.45, 2.75) is 54.0 Å². The Bertz CT molecular complexity index is 329. The zero-order chi connectivity index (χ0) is 16.2. The molecule has 0 saturated carbocycles. The highest BCUT2D eigenvalue weighted by atomic mass is 16.2. The number of hydrogen-bond acceptors (Lipinski definition) is 3. The van der Waals surface area contributed by atoms with Gasteiger partial charge in [0.1, 0.15) is 0 Å². The first-order valence-corrected chi connectivity index (χ1v) is 8.37. The minimum atomic E-state index is 0.0967. The first-order chi connectivity index (χ1) is 9.61. The van der Waals surface area contributed by atoms with Gasteiger partial charge in [-0.1, -0.05) is 41.5 Å². The molecule has 1 aliphatic heterocycles. The summed E-state index contributed by atoms with van der Waals surface area (Å²) in [5, 5.41) is 0. The Balaban J connectivity index is 2.60. The molecule has 4 nitrogen and oxygen atoms in total. The lowest BCUT2D eigenvalue weighted by atomic mass is 9.80. The van der Waals surface area contributed by atoms with Crippen molar-refractivity contribution < 1.29 is 4.79 Å². The first-order valence-electron chi connectivity index (χ1n) is 8.37. The Morgan fingerprint density at radius 3 is 2.19 bits per heavy atom. The number of piperidine rings is 1. The largest absolute Gasteiger partial charge is 0.341 e. The van der Waals surface area contributed by atoms with Crippen molar-refractivity contribution in [2.75, 3.05) is 32.7 Å². The average Bonchev–Trinajstić information content (AvgIpc) is 2.31. The SMILES string of the molecule is CC(C)CN(CC(C)C)C(=O)CN1CCC(N)C(C)(C)C1. The van der Waals surface area contributed by atoms with Crippen LogP contribution in [0.3, 0.4) is 0 Å². The molecule has 0 radical (unpaired) electrons. The summed E-state index contributed by atoms with van der Waals surface area (Å²) in [5.41, 5.74) is 6.27. The molecule has 1 saturated heterocycles. The number of hydrogen-bond donors (Lipinski definition) is 1. The van der Waals surface area contributed by atoms with Crippen molar-refractivity contribution in [1.82, 2.24) is 9.80 Å². The second-order valence-corrected chi connectivity index (χ2v) is 8.18. The predicted octanol–water partition coefficient (Wildman–Crippen LogP) is 2.19. The minimum Gasteiger partial charge on any atom is -0.341 e. The van der Waals surface area contributed by atoms with Gasteiger partial charge in [-0.05, 0) is 23.7 Å². The van der Waals surface area contributed by atoms with E-state index in [-0.39, 0.29) is 17.4 Å². The summed E-state index contributed by atoms with van der Waals surface area (Å²) in [7, 11) is 0. The fourth-order valence-corrected chi connectivity index (χ4v) is 3.07. The molecule has 4 heteroatoms. The molecule has 1 amide bonds. The second-order valence-electron chi connectivity index (χ2n) is 8.18. The molecular weight excluding hydrogens is 262 g/mol. The summed E-state index contributed by atoms with van der Waals surface area (Å²) in [6, 6.07) is 0.242. The number of amides is 1. The first kappa shape index (κ1) is 18.4. The van der Waals surface area contributed by atoms with Crippen LogP contribution in [0.5, 0.6) is 0 Å². The normalized spacial score (nSPS) is 22.8. The monoisotopic (exact) mass is 297 g/mol. The summed E-state index contributed by atoms with van der Waals surface area (Å²) in [6.45, 7) is 17.2. The van der Waals surface area contributed by atoms with Crippen LogP contribution in [-0.2, 0) is 4.79 Å². The highest BCUT2D eigenvalue weighted by Gasteiger charge is 2.34. The van der Waals surface area contributed by atoms with Crippen LogP contribution < -0.4 is 5.73 Å². The lowest BCUT2D eigenvalue weighted by Crippen LogP contribution is -2.54. The van der Waals surface area contributed by atoms with Crippen LogP contribution in [0, 0.1) is 17.3 Å². The van der Waals surface area contributed by atoms with Crippen LogP contribution in [0.2, 0.25) is 0 Å². The van der Waals surface area contributed by atoms with Crippen LogP contribution in [0.15, 0.2) is 0 Å². The lowest BCUT2D eigenvalue weighted by molar-refractivity contribution is -0.134. The molecule has 124 valence electrons. The minimum absolute atomic E-state index is 0.0967. The van der Waals surface area contributed by atoms with Gasteiger partial charge >= 0.3 is 0 Å². The summed E-state index contributed by atoms with van der Waals surface area (Å²) in [6.07, 6.45) is 0.981. The Kier molecular flexibility index (Phi) is 6.67. The Morgan fingerprint density at radius 2 is 1.76 bits per heavy atom. The summed E-state index contributed by atoms with van der Waals surface area (Å²) in [4.78, 5) is 16.9. The third-order valence-corrected chi connectivity index (χ3v) is 4.27. The number of rotatable bonds is 6. The fraction of sp³-hybridized carbons (Fsp3) is 0.941. The molecule has 0 aromatic rings. The number of likely N-dealkylation sites (tertiary alicyclic amines) is 1.